The van der Waals surface area contributed by atoms with Crippen molar-refractivity contribution in [2.75, 3.05) is 0 Å². The topological polar surface area (TPSA) is 25.2 Å². The van der Waals surface area contributed by atoms with Gasteiger partial charge in [0.2, 0.25) is 0 Å². The highest BCUT2D eigenvalue weighted by atomic mass is 79.9. The lowest BCUT2D eigenvalue weighted by Gasteiger charge is -2.24. The van der Waals surface area contributed by atoms with E-state index in [1.807, 2.05) is 65.7 Å². The molecule has 1 fully saturated rings. The Morgan fingerprint density at radius 2 is 1.81 bits per heavy atom. The summed E-state index contributed by atoms with van der Waals surface area (Å²) >= 11 is 9.84. The number of rotatable bonds is 6. The first-order valence-corrected chi connectivity index (χ1v) is 10.2. The van der Waals surface area contributed by atoms with E-state index in [0.29, 0.717) is 24.7 Å². The van der Waals surface area contributed by atoms with Crippen LogP contribution in [0.2, 0.25) is 5.02 Å². The molecule has 0 aliphatic heterocycles. The van der Waals surface area contributed by atoms with E-state index in [-0.39, 0.29) is 5.91 Å². The van der Waals surface area contributed by atoms with Crippen LogP contribution in [-0.2, 0) is 13.1 Å². The van der Waals surface area contributed by atoms with Gasteiger partial charge in [-0.3, -0.25) is 4.79 Å². The van der Waals surface area contributed by atoms with Gasteiger partial charge >= 0.3 is 0 Å². The highest BCUT2D eigenvalue weighted by Crippen LogP contribution is 2.31. The van der Waals surface area contributed by atoms with Gasteiger partial charge in [-0.05, 0) is 64.7 Å². The molecule has 1 aromatic heterocycles. The van der Waals surface area contributed by atoms with Gasteiger partial charge in [0.25, 0.3) is 5.91 Å². The Labute approximate surface area is 172 Å². The number of benzene rings is 2. The van der Waals surface area contributed by atoms with Gasteiger partial charge in [0.15, 0.2) is 0 Å². The molecule has 0 spiro atoms. The zero-order chi connectivity index (χ0) is 18.8. The van der Waals surface area contributed by atoms with E-state index in [1.54, 1.807) is 0 Å². The van der Waals surface area contributed by atoms with Crippen molar-refractivity contribution in [3.63, 3.8) is 0 Å². The molecule has 5 heteroatoms. The van der Waals surface area contributed by atoms with Gasteiger partial charge in [-0.15, -0.1) is 0 Å². The third kappa shape index (κ3) is 4.12. The maximum Gasteiger partial charge on any atom is 0.255 e. The van der Waals surface area contributed by atoms with Crippen LogP contribution in [0.4, 0.5) is 0 Å². The van der Waals surface area contributed by atoms with E-state index < -0.39 is 0 Å². The minimum Gasteiger partial charge on any atom is -0.345 e. The third-order valence-electron chi connectivity index (χ3n) is 4.91. The Kier molecular flexibility index (Phi) is 5.37. The first-order valence-electron chi connectivity index (χ1n) is 9.06. The smallest absolute Gasteiger partial charge is 0.255 e. The Morgan fingerprint density at radius 3 is 2.56 bits per heavy atom. The molecule has 0 radical (unpaired) electrons. The Morgan fingerprint density at radius 1 is 1.07 bits per heavy atom. The van der Waals surface area contributed by atoms with E-state index in [9.17, 15) is 4.79 Å². The summed E-state index contributed by atoms with van der Waals surface area (Å²) in [7, 11) is 0. The molecule has 0 atom stereocenters. The predicted octanol–water partition coefficient (Wildman–Crippen LogP) is 5.76. The third-order valence-corrected chi connectivity index (χ3v) is 5.97. The molecule has 4 rings (SSSR count). The van der Waals surface area contributed by atoms with Crippen molar-refractivity contribution in [2.45, 2.75) is 32.0 Å². The monoisotopic (exact) mass is 442 g/mol. The van der Waals surface area contributed by atoms with Crippen LogP contribution in [0.5, 0.6) is 0 Å². The van der Waals surface area contributed by atoms with Crippen molar-refractivity contribution in [1.82, 2.24) is 9.47 Å². The quantitative estimate of drug-likeness (QED) is 0.476. The first-order chi connectivity index (χ1) is 13.1. The second-order valence-electron chi connectivity index (χ2n) is 6.86. The Hall–Kier alpha value is -2.04. The highest BCUT2D eigenvalue weighted by molar-refractivity contribution is 9.10. The average molecular weight is 444 g/mol. The van der Waals surface area contributed by atoms with Crippen molar-refractivity contribution in [3.05, 3.63) is 93.2 Å². The predicted molar refractivity (Wildman–Crippen MR) is 112 cm³/mol. The van der Waals surface area contributed by atoms with Crippen LogP contribution < -0.4 is 0 Å². The zero-order valence-corrected chi connectivity index (χ0v) is 17.2. The molecule has 1 amide bonds. The molecule has 0 N–H and O–H groups in total. The van der Waals surface area contributed by atoms with Gasteiger partial charge in [-0.25, -0.2) is 0 Å². The van der Waals surface area contributed by atoms with Crippen LogP contribution in [-0.4, -0.2) is 21.4 Å². The minimum absolute atomic E-state index is 0.0791. The summed E-state index contributed by atoms with van der Waals surface area (Å²) in [6.07, 6.45) is 4.19. The summed E-state index contributed by atoms with van der Waals surface area (Å²) in [5.74, 6) is 0.0791. The molecular weight excluding hydrogens is 424 g/mol. The van der Waals surface area contributed by atoms with Gasteiger partial charge in [-0.2, -0.15) is 0 Å². The molecule has 1 saturated carbocycles. The molecule has 3 nitrogen and oxygen atoms in total. The average Bonchev–Trinajstić information content (AvgIpc) is 3.42. The molecular formula is C22H20BrClN2O. The lowest BCUT2D eigenvalue weighted by molar-refractivity contribution is 0.0725. The normalized spacial score (nSPS) is 13.6. The molecule has 0 saturated heterocycles. The highest BCUT2D eigenvalue weighted by Gasteiger charge is 2.34. The second kappa shape index (κ2) is 7.91. The summed E-state index contributed by atoms with van der Waals surface area (Å²) in [5.41, 5.74) is 2.91. The number of aromatic nitrogens is 1. The number of hydrogen-bond acceptors (Lipinski definition) is 1. The van der Waals surface area contributed by atoms with Crippen molar-refractivity contribution in [1.29, 1.82) is 0 Å². The van der Waals surface area contributed by atoms with Crippen LogP contribution in [0.15, 0.2) is 71.3 Å². The Bertz CT molecular complexity index is 964. The lowest BCUT2D eigenvalue weighted by Crippen LogP contribution is -2.33. The van der Waals surface area contributed by atoms with Crippen LogP contribution >= 0.6 is 27.5 Å². The largest absolute Gasteiger partial charge is 0.345 e. The van der Waals surface area contributed by atoms with Gasteiger partial charge in [0.05, 0.1) is 12.1 Å². The maximum atomic E-state index is 13.2. The minimum atomic E-state index is 0.0791. The summed E-state index contributed by atoms with van der Waals surface area (Å²) < 4.78 is 3.01. The lowest BCUT2D eigenvalue weighted by atomic mass is 10.2. The summed E-state index contributed by atoms with van der Waals surface area (Å²) in [6, 6.07) is 20.0. The van der Waals surface area contributed by atoms with E-state index in [2.05, 4.69) is 26.6 Å². The number of carbonyl (C=O) groups is 1. The van der Waals surface area contributed by atoms with E-state index in [4.69, 9.17) is 11.6 Å². The van der Waals surface area contributed by atoms with Crippen LogP contribution in [0.25, 0.3) is 0 Å². The van der Waals surface area contributed by atoms with Crippen molar-refractivity contribution in [3.8, 4) is 0 Å². The second-order valence-corrected chi connectivity index (χ2v) is 8.12. The van der Waals surface area contributed by atoms with Crippen LogP contribution in [0, 0.1) is 0 Å². The number of amides is 1. The summed E-state index contributed by atoms with van der Waals surface area (Å²) in [6.45, 7) is 1.30. The molecule has 1 aliphatic rings. The van der Waals surface area contributed by atoms with Crippen molar-refractivity contribution < 1.29 is 4.79 Å². The van der Waals surface area contributed by atoms with Crippen molar-refractivity contribution >= 4 is 33.4 Å². The zero-order valence-electron chi connectivity index (χ0n) is 14.8. The van der Waals surface area contributed by atoms with Gasteiger partial charge in [0.1, 0.15) is 0 Å². The molecule has 0 unspecified atom stereocenters. The van der Waals surface area contributed by atoms with Gasteiger partial charge in [0, 0.05) is 34.0 Å². The summed E-state index contributed by atoms with van der Waals surface area (Å²) in [5, 5.41) is 0.764. The fourth-order valence-corrected chi connectivity index (χ4v) is 3.92. The molecule has 3 aromatic rings. The molecule has 27 heavy (non-hydrogen) atoms. The molecule has 1 aliphatic carbocycles. The molecule has 0 bridgehead atoms. The van der Waals surface area contributed by atoms with E-state index in [0.717, 1.165) is 33.6 Å². The standard InChI is InChI=1S/C22H20BrClN2O/c23-20-9-3-2-8-19(20)22(27)26(17-11-12-17)15-18-7-5-13-25(18)14-16-6-1-4-10-21(16)24/h1-10,13,17H,11-12,14-15H2. The first kappa shape index (κ1) is 18.3. The molecule has 138 valence electrons. The molecule has 2 aromatic carbocycles. The van der Waals surface area contributed by atoms with Crippen LogP contribution in [0.3, 0.4) is 0 Å². The number of halogens is 2. The molecule has 1 heterocycles. The summed E-state index contributed by atoms with van der Waals surface area (Å²) in [4.78, 5) is 15.2. The maximum absolute atomic E-state index is 13.2. The number of carbonyl (C=O) groups excluding carboxylic acids is 1. The number of nitrogens with zero attached hydrogens (tertiary/aromatic N) is 2. The van der Waals surface area contributed by atoms with Gasteiger partial charge < -0.3 is 9.47 Å². The number of hydrogen-bond donors (Lipinski definition) is 0. The van der Waals surface area contributed by atoms with Gasteiger partial charge in [-0.1, -0.05) is 41.9 Å². The van der Waals surface area contributed by atoms with Crippen LogP contribution in [0.1, 0.15) is 34.5 Å². The SMILES string of the molecule is O=C(c1ccccc1Br)N(Cc1cccn1Cc1ccccc1Cl)C1CC1. The fourth-order valence-electron chi connectivity index (χ4n) is 3.27. The van der Waals surface area contributed by atoms with E-state index in [1.165, 1.54) is 0 Å². The fraction of sp³-hybridized carbons (Fsp3) is 0.227. The van der Waals surface area contributed by atoms with E-state index >= 15 is 0 Å². The Balaban J connectivity index is 1.57. The van der Waals surface area contributed by atoms with Crippen molar-refractivity contribution in [2.24, 2.45) is 0 Å².